The molecule has 0 unspecified atom stereocenters. The minimum atomic E-state index is -1.00. The number of carboxylic acid groups (broad SMARTS) is 1. The van der Waals surface area contributed by atoms with Gasteiger partial charge in [0.05, 0.1) is 6.42 Å². The van der Waals surface area contributed by atoms with E-state index < -0.39 is 23.7 Å². The van der Waals surface area contributed by atoms with Crippen LogP contribution in [0.15, 0.2) is 24.3 Å². The summed E-state index contributed by atoms with van der Waals surface area (Å²) in [6, 6.07) is 6.65. The monoisotopic (exact) mass is 373 g/mol. The maximum atomic E-state index is 12.0. The number of hydrogen-bond acceptors (Lipinski definition) is 7. The Kier molecular flexibility index (Phi) is 6.38. The van der Waals surface area contributed by atoms with Gasteiger partial charge in [0.15, 0.2) is 5.82 Å². The third-order valence-corrected chi connectivity index (χ3v) is 3.42. The highest BCUT2D eigenvalue weighted by Gasteiger charge is 2.21. The number of aryl methyl sites for hydroxylation is 1. The average molecular weight is 373 g/mol. The molecule has 9 heteroatoms. The zero-order chi connectivity index (χ0) is 20.0. The van der Waals surface area contributed by atoms with Gasteiger partial charge in [-0.3, -0.25) is 4.79 Å². The predicted octanol–water partition coefficient (Wildman–Crippen LogP) is 2.15. The molecule has 0 radical (unpaired) electrons. The van der Waals surface area contributed by atoms with Gasteiger partial charge in [-0.25, -0.2) is 4.79 Å². The van der Waals surface area contributed by atoms with Crippen molar-refractivity contribution in [2.45, 2.75) is 52.2 Å². The maximum Gasteiger partial charge on any atom is 0.407 e. The number of rotatable bonds is 6. The lowest BCUT2D eigenvalue weighted by molar-refractivity contribution is -0.137. The fraction of sp³-hybridized carbons (Fsp3) is 0.444. The first-order chi connectivity index (χ1) is 12.6. The Bertz CT molecular complexity index is 785. The number of amides is 1. The van der Waals surface area contributed by atoms with Crippen molar-refractivity contribution < 1.29 is 19.4 Å². The van der Waals surface area contributed by atoms with E-state index in [4.69, 9.17) is 9.84 Å². The summed E-state index contributed by atoms with van der Waals surface area (Å²) in [5.74, 6) is -0.112. The van der Waals surface area contributed by atoms with Crippen LogP contribution in [-0.2, 0) is 16.0 Å². The van der Waals surface area contributed by atoms with Crippen LogP contribution in [0.3, 0.4) is 0 Å². The molecule has 0 fully saturated rings. The highest BCUT2D eigenvalue weighted by molar-refractivity contribution is 5.71. The van der Waals surface area contributed by atoms with Gasteiger partial charge in [-0.05, 0) is 39.7 Å². The van der Waals surface area contributed by atoms with Crippen molar-refractivity contribution in [2.75, 3.05) is 0 Å². The number of carboxylic acids is 1. The van der Waals surface area contributed by atoms with Crippen LogP contribution in [0.5, 0.6) is 0 Å². The molecule has 1 amide bonds. The van der Waals surface area contributed by atoms with Crippen LogP contribution < -0.4 is 5.32 Å². The van der Waals surface area contributed by atoms with E-state index in [9.17, 15) is 9.59 Å². The fourth-order valence-electron chi connectivity index (χ4n) is 2.33. The largest absolute Gasteiger partial charge is 0.481 e. The van der Waals surface area contributed by atoms with Crippen molar-refractivity contribution in [1.82, 2.24) is 25.7 Å². The number of benzene rings is 1. The van der Waals surface area contributed by atoms with Gasteiger partial charge in [0.1, 0.15) is 5.60 Å². The quantitative estimate of drug-likeness (QED) is 0.788. The van der Waals surface area contributed by atoms with E-state index in [2.05, 4.69) is 25.7 Å². The third kappa shape index (κ3) is 6.96. The number of carbonyl (C=O) groups excluding carboxylic acids is 1. The van der Waals surface area contributed by atoms with Gasteiger partial charge in [0.2, 0.25) is 5.82 Å². The summed E-state index contributed by atoms with van der Waals surface area (Å²) in [5.41, 5.74) is 0.943. The molecule has 0 aliphatic rings. The molecule has 1 aromatic carbocycles. The Hall–Kier alpha value is -3.10. The second-order valence-electron chi connectivity index (χ2n) is 7.11. The standard InChI is InChI=1S/C18H23N5O4/c1-11-20-22-16(23-21-11)13-7-5-12(6-8-13)9-14(10-15(24)25)19-17(26)27-18(2,3)4/h5-8,14H,9-10H2,1-4H3,(H,19,26)(H,24,25)/t14-/m1/s1. The van der Waals surface area contributed by atoms with Crippen LogP contribution in [0.25, 0.3) is 11.4 Å². The van der Waals surface area contributed by atoms with Crippen molar-refractivity contribution in [3.63, 3.8) is 0 Å². The van der Waals surface area contributed by atoms with E-state index >= 15 is 0 Å². The van der Waals surface area contributed by atoms with Crippen LogP contribution in [0.2, 0.25) is 0 Å². The molecule has 0 aliphatic heterocycles. The van der Waals surface area contributed by atoms with Gasteiger partial charge in [0, 0.05) is 11.6 Å². The van der Waals surface area contributed by atoms with Gasteiger partial charge in [-0.2, -0.15) is 0 Å². The predicted molar refractivity (Wildman–Crippen MR) is 96.9 cm³/mol. The number of carbonyl (C=O) groups is 2. The van der Waals surface area contributed by atoms with Crippen LogP contribution in [-0.4, -0.2) is 49.2 Å². The molecule has 0 saturated heterocycles. The second-order valence-corrected chi connectivity index (χ2v) is 7.11. The van der Waals surface area contributed by atoms with E-state index in [-0.39, 0.29) is 6.42 Å². The summed E-state index contributed by atoms with van der Waals surface area (Å²) in [5, 5.41) is 27.4. The van der Waals surface area contributed by atoms with Gasteiger partial charge < -0.3 is 15.2 Å². The average Bonchev–Trinajstić information content (AvgIpc) is 2.54. The Morgan fingerprint density at radius 2 is 1.70 bits per heavy atom. The minimum absolute atomic E-state index is 0.212. The van der Waals surface area contributed by atoms with E-state index in [1.807, 2.05) is 12.1 Å². The summed E-state index contributed by atoms with van der Waals surface area (Å²) < 4.78 is 5.20. The summed E-state index contributed by atoms with van der Waals surface area (Å²) in [6.07, 6.45) is -0.511. The summed E-state index contributed by atoms with van der Waals surface area (Å²) >= 11 is 0. The SMILES string of the molecule is Cc1nnc(-c2ccc(C[C@H](CC(=O)O)NC(=O)OC(C)(C)C)cc2)nn1. The lowest BCUT2D eigenvalue weighted by Crippen LogP contribution is -2.41. The number of nitrogens with zero attached hydrogens (tertiary/aromatic N) is 4. The number of alkyl carbamates (subject to hydrolysis) is 1. The molecule has 2 rings (SSSR count). The van der Waals surface area contributed by atoms with Gasteiger partial charge in [-0.15, -0.1) is 20.4 Å². The zero-order valence-corrected chi connectivity index (χ0v) is 15.8. The summed E-state index contributed by atoms with van der Waals surface area (Å²) in [6.45, 7) is 6.93. The molecule has 9 nitrogen and oxygen atoms in total. The molecular weight excluding hydrogens is 350 g/mol. The van der Waals surface area contributed by atoms with Crippen LogP contribution in [0.1, 0.15) is 38.6 Å². The molecular formula is C18H23N5O4. The topological polar surface area (TPSA) is 127 Å². The molecule has 0 saturated carbocycles. The van der Waals surface area contributed by atoms with Gasteiger partial charge >= 0.3 is 12.1 Å². The number of aliphatic carboxylic acids is 1. The first-order valence-electron chi connectivity index (χ1n) is 8.47. The van der Waals surface area contributed by atoms with E-state index in [1.54, 1.807) is 39.8 Å². The number of nitrogens with one attached hydrogen (secondary N) is 1. The summed E-state index contributed by atoms with van der Waals surface area (Å²) in [7, 11) is 0. The first kappa shape index (κ1) is 20.2. The van der Waals surface area contributed by atoms with Crippen molar-refractivity contribution in [3.8, 4) is 11.4 Å². The molecule has 2 N–H and O–H groups in total. The highest BCUT2D eigenvalue weighted by Crippen LogP contribution is 2.16. The molecule has 1 atom stereocenters. The fourth-order valence-corrected chi connectivity index (χ4v) is 2.33. The van der Waals surface area contributed by atoms with Crippen molar-refractivity contribution in [3.05, 3.63) is 35.7 Å². The Morgan fingerprint density at radius 1 is 1.11 bits per heavy atom. The molecule has 0 bridgehead atoms. The lowest BCUT2D eigenvalue weighted by atomic mass is 10.0. The lowest BCUT2D eigenvalue weighted by Gasteiger charge is -2.23. The Labute approximate surface area is 157 Å². The molecule has 27 heavy (non-hydrogen) atoms. The van der Waals surface area contributed by atoms with Gasteiger partial charge in [0.25, 0.3) is 0 Å². The first-order valence-corrected chi connectivity index (χ1v) is 8.47. The van der Waals surface area contributed by atoms with Crippen molar-refractivity contribution in [2.24, 2.45) is 0 Å². The van der Waals surface area contributed by atoms with Gasteiger partial charge in [-0.1, -0.05) is 24.3 Å². The molecule has 1 aromatic heterocycles. The summed E-state index contributed by atoms with van der Waals surface area (Å²) in [4.78, 5) is 23.1. The molecule has 2 aromatic rings. The second kappa shape index (κ2) is 8.52. The van der Waals surface area contributed by atoms with Crippen LogP contribution in [0, 0.1) is 6.92 Å². The Morgan fingerprint density at radius 3 is 2.22 bits per heavy atom. The molecule has 0 aliphatic carbocycles. The number of ether oxygens (including phenoxy) is 1. The van der Waals surface area contributed by atoms with Crippen LogP contribution >= 0.6 is 0 Å². The molecule has 0 spiro atoms. The molecule has 144 valence electrons. The van der Waals surface area contributed by atoms with E-state index in [0.717, 1.165) is 11.1 Å². The Balaban J connectivity index is 2.06. The van der Waals surface area contributed by atoms with E-state index in [0.29, 0.717) is 18.1 Å². The minimum Gasteiger partial charge on any atom is -0.481 e. The zero-order valence-electron chi connectivity index (χ0n) is 15.8. The van der Waals surface area contributed by atoms with Crippen LogP contribution in [0.4, 0.5) is 4.79 Å². The number of hydrogen-bond donors (Lipinski definition) is 2. The maximum absolute atomic E-state index is 12.0. The number of aromatic nitrogens is 4. The smallest absolute Gasteiger partial charge is 0.407 e. The highest BCUT2D eigenvalue weighted by atomic mass is 16.6. The van der Waals surface area contributed by atoms with Crippen molar-refractivity contribution in [1.29, 1.82) is 0 Å². The third-order valence-electron chi connectivity index (χ3n) is 3.42. The van der Waals surface area contributed by atoms with Crippen molar-refractivity contribution >= 4 is 12.1 Å². The van der Waals surface area contributed by atoms with E-state index in [1.165, 1.54) is 0 Å². The molecule has 1 heterocycles. The normalized spacial score (nSPS) is 12.3.